The summed E-state index contributed by atoms with van der Waals surface area (Å²) in [4.78, 5) is 21.0. The summed E-state index contributed by atoms with van der Waals surface area (Å²) in [6.07, 6.45) is 0.792. The van der Waals surface area contributed by atoms with Gasteiger partial charge in [-0.25, -0.2) is 4.79 Å². The molecule has 5 heteroatoms. The quantitative estimate of drug-likeness (QED) is 0.459. The minimum absolute atomic E-state index is 0.0476. The molecule has 0 aliphatic rings. The zero-order chi connectivity index (χ0) is 11.2. The number of hydrogen-bond acceptors (Lipinski definition) is 2. The summed E-state index contributed by atoms with van der Waals surface area (Å²) < 4.78 is 0.439. The first-order valence-electron chi connectivity index (χ1n) is 4.62. The van der Waals surface area contributed by atoms with Crippen molar-refractivity contribution in [3.8, 4) is 0 Å². The Labute approximate surface area is 84.3 Å². The van der Waals surface area contributed by atoms with Gasteiger partial charge in [0.2, 0.25) is 5.91 Å². The van der Waals surface area contributed by atoms with E-state index in [0.717, 1.165) is 13.0 Å². The number of carboxylic acid groups (broad SMARTS) is 1. The van der Waals surface area contributed by atoms with E-state index >= 15 is 0 Å². The molecule has 2 N–H and O–H groups in total. The second-order valence-corrected chi connectivity index (χ2v) is 4.05. The zero-order valence-electron chi connectivity index (χ0n) is 9.04. The fraction of sp³-hybridized carbons (Fsp3) is 0.778. The van der Waals surface area contributed by atoms with Crippen LogP contribution in [0.15, 0.2) is 0 Å². The Morgan fingerprint density at radius 3 is 2.36 bits per heavy atom. The van der Waals surface area contributed by atoms with Crippen molar-refractivity contribution in [2.75, 3.05) is 33.7 Å². The summed E-state index contributed by atoms with van der Waals surface area (Å²) in [5.41, 5.74) is 0. The third kappa shape index (κ3) is 7.54. The van der Waals surface area contributed by atoms with Gasteiger partial charge in [0, 0.05) is 19.9 Å². The maximum absolute atomic E-state index is 10.5. The molecule has 0 heterocycles. The van der Waals surface area contributed by atoms with Crippen molar-refractivity contribution in [2.45, 2.75) is 13.3 Å². The average Bonchev–Trinajstić information content (AvgIpc) is 1.95. The molecule has 0 aromatic heterocycles. The van der Waals surface area contributed by atoms with Crippen LogP contribution in [0.25, 0.3) is 0 Å². The number of carbonyl (C=O) groups is 2. The Hall–Kier alpha value is -1.10. The molecule has 82 valence electrons. The van der Waals surface area contributed by atoms with Gasteiger partial charge in [-0.15, -0.1) is 0 Å². The SMILES string of the molecule is CC(=O)NCCC[N+](C)(C)CC(=O)O. The van der Waals surface area contributed by atoms with Gasteiger partial charge in [0.05, 0.1) is 20.6 Å². The number of aliphatic carboxylic acids is 1. The fourth-order valence-electron chi connectivity index (χ4n) is 1.22. The highest BCUT2D eigenvalue weighted by Gasteiger charge is 2.18. The third-order valence-electron chi connectivity index (χ3n) is 1.88. The van der Waals surface area contributed by atoms with Crippen LogP contribution in [-0.4, -0.2) is 55.2 Å². The van der Waals surface area contributed by atoms with Crippen molar-refractivity contribution in [2.24, 2.45) is 0 Å². The number of amides is 1. The molecule has 0 saturated heterocycles. The van der Waals surface area contributed by atoms with E-state index in [1.807, 2.05) is 14.1 Å². The maximum Gasteiger partial charge on any atom is 0.359 e. The molecule has 0 fully saturated rings. The normalized spacial score (nSPS) is 11.1. The van der Waals surface area contributed by atoms with Gasteiger partial charge in [-0.3, -0.25) is 4.79 Å². The fourth-order valence-corrected chi connectivity index (χ4v) is 1.22. The molecular weight excluding hydrogens is 184 g/mol. The Kier molecular flexibility index (Phi) is 5.15. The molecule has 0 aromatic rings. The highest BCUT2D eigenvalue weighted by molar-refractivity contribution is 5.72. The second-order valence-electron chi connectivity index (χ2n) is 4.05. The topological polar surface area (TPSA) is 66.4 Å². The van der Waals surface area contributed by atoms with Gasteiger partial charge >= 0.3 is 5.97 Å². The number of carbonyl (C=O) groups excluding carboxylic acids is 1. The number of hydrogen-bond donors (Lipinski definition) is 2. The molecular formula is C9H19N2O3+. The maximum atomic E-state index is 10.5. The van der Waals surface area contributed by atoms with Crippen molar-refractivity contribution in [1.29, 1.82) is 0 Å². The van der Waals surface area contributed by atoms with Crippen LogP contribution in [0.1, 0.15) is 13.3 Å². The summed E-state index contributed by atoms with van der Waals surface area (Å²) in [6.45, 7) is 2.93. The number of quaternary nitrogens is 1. The highest BCUT2D eigenvalue weighted by Crippen LogP contribution is 1.98. The smallest absolute Gasteiger partial charge is 0.359 e. The van der Waals surface area contributed by atoms with Crippen LogP contribution >= 0.6 is 0 Å². The Bertz CT molecular complexity index is 214. The highest BCUT2D eigenvalue weighted by atomic mass is 16.4. The predicted molar refractivity (Wildman–Crippen MR) is 52.8 cm³/mol. The summed E-state index contributed by atoms with van der Waals surface area (Å²) >= 11 is 0. The van der Waals surface area contributed by atoms with Gasteiger partial charge in [-0.05, 0) is 0 Å². The van der Waals surface area contributed by atoms with Crippen LogP contribution < -0.4 is 5.32 Å². The minimum atomic E-state index is -0.797. The zero-order valence-corrected chi connectivity index (χ0v) is 9.04. The number of nitrogens with one attached hydrogen (secondary N) is 1. The van der Waals surface area contributed by atoms with Crippen molar-refractivity contribution in [3.63, 3.8) is 0 Å². The summed E-state index contributed by atoms with van der Waals surface area (Å²) in [5.74, 6) is -0.844. The van der Waals surface area contributed by atoms with E-state index in [1.54, 1.807) is 0 Å². The van der Waals surface area contributed by atoms with Crippen molar-refractivity contribution in [1.82, 2.24) is 5.32 Å². The lowest BCUT2D eigenvalue weighted by Gasteiger charge is -2.27. The van der Waals surface area contributed by atoms with E-state index in [-0.39, 0.29) is 12.5 Å². The second kappa shape index (κ2) is 5.59. The van der Waals surface area contributed by atoms with Gasteiger partial charge in [0.15, 0.2) is 6.54 Å². The van der Waals surface area contributed by atoms with Crippen molar-refractivity contribution < 1.29 is 19.2 Å². The first-order valence-corrected chi connectivity index (χ1v) is 4.62. The van der Waals surface area contributed by atoms with Crippen LogP contribution in [0.5, 0.6) is 0 Å². The van der Waals surface area contributed by atoms with E-state index in [1.165, 1.54) is 6.92 Å². The van der Waals surface area contributed by atoms with Crippen molar-refractivity contribution in [3.05, 3.63) is 0 Å². The Morgan fingerprint density at radius 2 is 1.93 bits per heavy atom. The van der Waals surface area contributed by atoms with E-state index < -0.39 is 5.97 Å². The van der Waals surface area contributed by atoms with Crippen molar-refractivity contribution >= 4 is 11.9 Å². The molecule has 14 heavy (non-hydrogen) atoms. The molecule has 0 unspecified atom stereocenters. The molecule has 0 rings (SSSR count). The van der Waals surface area contributed by atoms with Crippen LogP contribution in [0.2, 0.25) is 0 Å². The van der Waals surface area contributed by atoms with E-state index in [4.69, 9.17) is 5.11 Å². The van der Waals surface area contributed by atoms with E-state index in [0.29, 0.717) is 11.0 Å². The molecule has 0 aliphatic heterocycles. The predicted octanol–water partition coefficient (Wildman–Crippen LogP) is -0.326. The monoisotopic (exact) mass is 203 g/mol. The van der Waals surface area contributed by atoms with Gasteiger partial charge in [0.1, 0.15) is 0 Å². The first-order chi connectivity index (χ1) is 6.33. The number of rotatable bonds is 6. The molecule has 0 aliphatic carbocycles. The third-order valence-corrected chi connectivity index (χ3v) is 1.88. The lowest BCUT2D eigenvalue weighted by molar-refractivity contribution is -0.883. The first kappa shape index (κ1) is 12.9. The molecule has 0 atom stereocenters. The lowest BCUT2D eigenvalue weighted by Crippen LogP contribution is -2.45. The number of likely N-dealkylation sites (N-methyl/N-ethyl adjacent to an activating group) is 1. The number of carboxylic acids is 1. The van der Waals surface area contributed by atoms with Crippen LogP contribution in [0.4, 0.5) is 0 Å². The molecule has 0 aromatic carbocycles. The molecule has 1 amide bonds. The Balaban J connectivity index is 3.65. The lowest BCUT2D eigenvalue weighted by atomic mass is 10.3. The van der Waals surface area contributed by atoms with Gasteiger partial charge in [-0.2, -0.15) is 0 Å². The standard InChI is InChI=1S/C9H18N2O3/c1-8(12)10-5-4-6-11(2,3)7-9(13)14/h4-7H2,1-3H3,(H-,10,12,13,14)/p+1. The Morgan fingerprint density at radius 1 is 1.36 bits per heavy atom. The van der Waals surface area contributed by atoms with Crippen LogP contribution in [-0.2, 0) is 9.59 Å². The van der Waals surface area contributed by atoms with Crippen LogP contribution in [0.3, 0.4) is 0 Å². The van der Waals surface area contributed by atoms with Gasteiger partial charge in [0.25, 0.3) is 0 Å². The average molecular weight is 203 g/mol. The summed E-state index contributed by atoms with van der Waals surface area (Å²) in [5, 5.41) is 11.3. The molecule has 0 radical (unpaired) electrons. The van der Waals surface area contributed by atoms with E-state index in [9.17, 15) is 9.59 Å². The molecule has 0 bridgehead atoms. The van der Waals surface area contributed by atoms with E-state index in [2.05, 4.69) is 5.32 Å². The van der Waals surface area contributed by atoms with Gasteiger partial charge in [-0.1, -0.05) is 0 Å². The largest absolute Gasteiger partial charge is 0.477 e. The number of nitrogens with zero attached hydrogens (tertiary/aromatic N) is 1. The van der Waals surface area contributed by atoms with Gasteiger partial charge < -0.3 is 14.9 Å². The molecule has 0 spiro atoms. The molecule has 5 nitrogen and oxygen atoms in total. The minimum Gasteiger partial charge on any atom is -0.477 e. The van der Waals surface area contributed by atoms with Crippen LogP contribution in [0, 0.1) is 0 Å². The molecule has 0 saturated carbocycles. The summed E-state index contributed by atoms with van der Waals surface area (Å²) in [6, 6.07) is 0. The summed E-state index contributed by atoms with van der Waals surface area (Å²) in [7, 11) is 3.73.